The summed E-state index contributed by atoms with van der Waals surface area (Å²) in [6.07, 6.45) is 0.112. The number of hydrogen-bond donors (Lipinski definition) is 1. The Kier molecular flexibility index (Phi) is 6.46. The summed E-state index contributed by atoms with van der Waals surface area (Å²) in [7, 11) is -4.03. The van der Waals surface area contributed by atoms with Gasteiger partial charge in [0.2, 0.25) is 11.0 Å². The van der Waals surface area contributed by atoms with Gasteiger partial charge in [-0.15, -0.1) is 0 Å². The van der Waals surface area contributed by atoms with E-state index in [2.05, 4.69) is 15.3 Å². The van der Waals surface area contributed by atoms with Gasteiger partial charge in [-0.25, -0.2) is 8.42 Å². The van der Waals surface area contributed by atoms with Crippen molar-refractivity contribution in [2.45, 2.75) is 36.7 Å². The lowest BCUT2D eigenvalue weighted by Gasteiger charge is -2.22. The average molecular weight is 531 g/mol. The number of benzene rings is 1. The molecule has 0 aliphatic carbocycles. The summed E-state index contributed by atoms with van der Waals surface area (Å²) >= 11 is 0. The fourth-order valence-corrected chi connectivity index (χ4v) is 5.86. The molecule has 8 nitrogen and oxygen atoms in total. The van der Waals surface area contributed by atoms with E-state index in [1.165, 1.54) is 24.5 Å². The standard InChI is InChI=1S/C25H21F3N4O4S/c26-25(27,28)19-7-8-20(30-15-19)18-10-16(12-29-14-18)13-31-24(33)21-5-3-9-32(21)37(34,35)23-11-17-4-1-2-6-22(17)36-23/h1-2,4,6-8,10-12,14-15,21H,3,5,9,13H2,(H,31,33). The molecule has 12 heteroatoms. The average Bonchev–Trinajstić information content (AvgIpc) is 3.55. The van der Waals surface area contributed by atoms with E-state index in [4.69, 9.17) is 4.42 Å². The Morgan fingerprint density at radius 3 is 2.65 bits per heavy atom. The van der Waals surface area contributed by atoms with Crippen LogP contribution in [0, 0.1) is 0 Å². The van der Waals surface area contributed by atoms with Crippen molar-refractivity contribution in [2.75, 3.05) is 6.54 Å². The van der Waals surface area contributed by atoms with Gasteiger partial charge in [-0.1, -0.05) is 18.2 Å². The number of rotatable bonds is 6. The number of amides is 1. The molecule has 1 aromatic carbocycles. The van der Waals surface area contributed by atoms with E-state index >= 15 is 0 Å². The zero-order valence-electron chi connectivity index (χ0n) is 19.3. The molecule has 0 bridgehead atoms. The number of para-hydroxylation sites is 1. The molecule has 0 radical (unpaired) electrons. The molecule has 0 spiro atoms. The van der Waals surface area contributed by atoms with Crippen molar-refractivity contribution in [1.29, 1.82) is 0 Å². The molecular formula is C25H21F3N4O4S. The molecule has 3 aromatic heterocycles. The molecule has 192 valence electrons. The maximum atomic E-state index is 13.2. The lowest BCUT2D eigenvalue weighted by atomic mass is 10.1. The van der Waals surface area contributed by atoms with Crippen molar-refractivity contribution in [3.63, 3.8) is 0 Å². The van der Waals surface area contributed by atoms with Gasteiger partial charge in [-0.05, 0) is 42.7 Å². The van der Waals surface area contributed by atoms with Crippen LogP contribution in [0.5, 0.6) is 0 Å². The van der Waals surface area contributed by atoms with Gasteiger partial charge >= 0.3 is 6.18 Å². The minimum Gasteiger partial charge on any atom is -0.443 e. The van der Waals surface area contributed by atoms with Gasteiger partial charge in [-0.3, -0.25) is 14.8 Å². The first-order chi connectivity index (χ1) is 17.6. The maximum absolute atomic E-state index is 13.2. The summed E-state index contributed by atoms with van der Waals surface area (Å²) < 4.78 is 71.6. The Hall–Kier alpha value is -3.77. The van der Waals surface area contributed by atoms with Gasteiger partial charge in [0.25, 0.3) is 10.0 Å². The zero-order chi connectivity index (χ0) is 26.2. The van der Waals surface area contributed by atoms with Crippen molar-refractivity contribution in [3.05, 3.63) is 78.2 Å². The molecule has 4 heterocycles. The van der Waals surface area contributed by atoms with Crippen molar-refractivity contribution < 1.29 is 30.8 Å². The Morgan fingerprint density at radius 2 is 1.92 bits per heavy atom. The summed E-state index contributed by atoms with van der Waals surface area (Å²) in [4.78, 5) is 20.9. The second-order valence-electron chi connectivity index (χ2n) is 8.61. The number of nitrogens with one attached hydrogen (secondary N) is 1. The number of carbonyl (C=O) groups is 1. The number of carbonyl (C=O) groups excluding carboxylic acids is 1. The summed E-state index contributed by atoms with van der Waals surface area (Å²) in [6, 6.07) is 11.3. The Morgan fingerprint density at radius 1 is 1.11 bits per heavy atom. The summed E-state index contributed by atoms with van der Waals surface area (Å²) in [5.74, 6) is -0.463. The van der Waals surface area contributed by atoms with Crippen molar-refractivity contribution in [1.82, 2.24) is 19.6 Å². The van der Waals surface area contributed by atoms with Crippen LogP contribution in [-0.4, -0.2) is 41.2 Å². The molecule has 0 saturated carbocycles. The molecule has 1 atom stereocenters. The third-order valence-electron chi connectivity index (χ3n) is 6.12. The number of aromatic nitrogens is 2. The molecule has 1 aliphatic heterocycles. The fraction of sp³-hybridized carbons (Fsp3) is 0.240. The lowest BCUT2D eigenvalue weighted by molar-refractivity contribution is -0.137. The van der Waals surface area contributed by atoms with Gasteiger partial charge < -0.3 is 9.73 Å². The highest BCUT2D eigenvalue weighted by Crippen LogP contribution is 2.31. The number of fused-ring (bicyclic) bond motifs is 1. The van der Waals surface area contributed by atoms with Crippen molar-refractivity contribution in [3.8, 4) is 11.3 Å². The number of pyridine rings is 2. The van der Waals surface area contributed by atoms with Gasteiger partial charge in [0.05, 0.1) is 11.3 Å². The van der Waals surface area contributed by atoms with Gasteiger partial charge in [0.15, 0.2) is 0 Å². The SMILES string of the molecule is O=C(NCc1cncc(-c2ccc(C(F)(F)F)cn2)c1)C1CCCN1S(=O)(=O)c1cc2ccccc2o1. The van der Waals surface area contributed by atoms with E-state index in [0.717, 1.165) is 16.6 Å². The molecule has 1 saturated heterocycles. The molecular weight excluding hydrogens is 509 g/mol. The number of halogens is 3. The Labute approximate surface area is 210 Å². The first-order valence-electron chi connectivity index (χ1n) is 11.4. The predicted octanol–water partition coefficient (Wildman–Crippen LogP) is 4.38. The maximum Gasteiger partial charge on any atom is 0.417 e. The van der Waals surface area contributed by atoms with Crippen LogP contribution in [0.25, 0.3) is 22.2 Å². The third kappa shape index (κ3) is 5.07. The zero-order valence-corrected chi connectivity index (χ0v) is 20.1. The summed E-state index contributed by atoms with van der Waals surface area (Å²) in [6.45, 7) is 0.240. The summed E-state index contributed by atoms with van der Waals surface area (Å²) in [5.41, 5.74) is 0.947. The van der Waals surface area contributed by atoms with Crippen LogP contribution >= 0.6 is 0 Å². The second kappa shape index (κ2) is 9.60. The van der Waals surface area contributed by atoms with E-state index in [9.17, 15) is 26.4 Å². The number of sulfonamides is 1. The van der Waals surface area contributed by atoms with Crippen LogP contribution in [0.3, 0.4) is 0 Å². The molecule has 1 unspecified atom stereocenters. The highest BCUT2D eigenvalue weighted by atomic mass is 32.2. The first kappa shape index (κ1) is 24.9. The molecule has 37 heavy (non-hydrogen) atoms. The Balaban J connectivity index is 1.28. The number of hydrogen-bond acceptors (Lipinski definition) is 6. The van der Waals surface area contributed by atoms with E-state index < -0.39 is 33.7 Å². The number of nitrogens with zero attached hydrogens (tertiary/aromatic N) is 3. The van der Waals surface area contributed by atoms with E-state index in [1.807, 2.05) is 0 Å². The minimum atomic E-state index is -4.48. The van der Waals surface area contributed by atoms with Crippen molar-refractivity contribution >= 4 is 26.9 Å². The molecule has 1 N–H and O–H groups in total. The van der Waals surface area contributed by atoms with Crippen LogP contribution in [0.15, 0.2) is 76.6 Å². The topological polar surface area (TPSA) is 105 Å². The predicted molar refractivity (Wildman–Crippen MR) is 127 cm³/mol. The van der Waals surface area contributed by atoms with E-state index in [1.54, 1.807) is 30.3 Å². The molecule has 1 fully saturated rings. The minimum absolute atomic E-state index is 0.0509. The third-order valence-corrected chi connectivity index (χ3v) is 7.88. The molecule has 5 rings (SSSR count). The first-order valence-corrected chi connectivity index (χ1v) is 12.8. The normalized spacial score (nSPS) is 16.8. The van der Waals surface area contributed by atoms with E-state index in [-0.39, 0.29) is 18.2 Å². The summed E-state index contributed by atoms with van der Waals surface area (Å²) in [5, 5.41) is 3.18. The monoisotopic (exact) mass is 530 g/mol. The van der Waals surface area contributed by atoms with Crippen LogP contribution < -0.4 is 5.32 Å². The second-order valence-corrected chi connectivity index (χ2v) is 10.4. The quantitative estimate of drug-likeness (QED) is 0.397. The molecule has 4 aromatic rings. The van der Waals surface area contributed by atoms with E-state index in [0.29, 0.717) is 40.6 Å². The van der Waals surface area contributed by atoms with Gasteiger partial charge in [0.1, 0.15) is 11.6 Å². The largest absolute Gasteiger partial charge is 0.443 e. The lowest BCUT2D eigenvalue weighted by Crippen LogP contribution is -2.45. The molecule has 1 amide bonds. The van der Waals surface area contributed by atoms with Crippen LogP contribution in [0.4, 0.5) is 13.2 Å². The number of alkyl halides is 3. The van der Waals surface area contributed by atoms with Crippen molar-refractivity contribution in [2.24, 2.45) is 0 Å². The molecule has 1 aliphatic rings. The van der Waals surface area contributed by atoms with Crippen LogP contribution in [-0.2, 0) is 27.5 Å². The Bertz CT molecular complexity index is 1520. The highest BCUT2D eigenvalue weighted by molar-refractivity contribution is 7.89. The number of furan rings is 1. The van der Waals surface area contributed by atoms with Gasteiger partial charge in [-0.2, -0.15) is 17.5 Å². The van der Waals surface area contributed by atoms with Crippen LogP contribution in [0.2, 0.25) is 0 Å². The smallest absolute Gasteiger partial charge is 0.417 e. The fourth-order valence-electron chi connectivity index (χ4n) is 4.25. The van der Waals surface area contributed by atoms with Crippen LogP contribution in [0.1, 0.15) is 24.0 Å². The highest BCUT2D eigenvalue weighted by Gasteiger charge is 2.41. The van der Waals surface area contributed by atoms with Gasteiger partial charge in [0, 0.05) is 48.7 Å².